The molecule has 0 unspecified atom stereocenters. The summed E-state index contributed by atoms with van der Waals surface area (Å²) < 4.78 is 49.9. The number of aryl methyl sites for hydroxylation is 1. The van der Waals surface area contributed by atoms with Crippen molar-refractivity contribution in [2.24, 2.45) is 0 Å². The minimum atomic E-state index is -4.97. The number of rotatable bonds is 6. The van der Waals surface area contributed by atoms with Crippen molar-refractivity contribution < 1.29 is 27.2 Å². The lowest BCUT2D eigenvalue weighted by molar-refractivity contribution is -0.167. The highest BCUT2D eigenvalue weighted by molar-refractivity contribution is 5.95. The third kappa shape index (κ3) is 5.87. The molecule has 2 aromatic carbocycles. The average molecular weight is 368 g/mol. The standard InChI is InChI=1S/C18H16F4N2O2/c19-15-6-2-1-4-12(15)5-3-7-16(25)23-13-8-10-14(11-9-13)24-17(26)18(20,21)22/h1-2,4,6,8-11H,3,5,7H2,(H,23,25)(H,24,26). The fraction of sp³-hybridized carbons (Fsp3) is 0.222. The van der Waals surface area contributed by atoms with Crippen molar-refractivity contribution in [2.45, 2.75) is 25.4 Å². The van der Waals surface area contributed by atoms with E-state index in [0.717, 1.165) is 0 Å². The van der Waals surface area contributed by atoms with Gasteiger partial charge in [-0.05, 0) is 48.7 Å². The summed E-state index contributed by atoms with van der Waals surface area (Å²) in [5, 5.41) is 4.29. The van der Waals surface area contributed by atoms with E-state index >= 15 is 0 Å². The number of alkyl halides is 3. The maximum absolute atomic E-state index is 13.5. The van der Waals surface area contributed by atoms with Crippen LogP contribution in [-0.2, 0) is 16.0 Å². The van der Waals surface area contributed by atoms with E-state index in [0.29, 0.717) is 24.1 Å². The van der Waals surface area contributed by atoms with Gasteiger partial charge in [-0.3, -0.25) is 9.59 Å². The van der Waals surface area contributed by atoms with Gasteiger partial charge in [0.25, 0.3) is 0 Å². The first-order chi connectivity index (χ1) is 12.3. The number of hydrogen-bond acceptors (Lipinski definition) is 2. The predicted molar refractivity (Wildman–Crippen MR) is 89.1 cm³/mol. The number of nitrogens with one attached hydrogen (secondary N) is 2. The largest absolute Gasteiger partial charge is 0.471 e. The molecule has 0 aliphatic carbocycles. The second-order valence-corrected chi connectivity index (χ2v) is 5.52. The number of carbonyl (C=O) groups is 2. The lowest BCUT2D eigenvalue weighted by Crippen LogP contribution is -2.29. The first kappa shape index (κ1) is 19.4. The van der Waals surface area contributed by atoms with Crippen molar-refractivity contribution >= 4 is 23.2 Å². The highest BCUT2D eigenvalue weighted by atomic mass is 19.4. The number of halogens is 4. The molecule has 0 heterocycles. The molecule has 8 heteroatoms. The van der Waals surface area contributed by atoms with Gasteiger partial charge in [-0.25, -0.2) is 4.39 Å². The molecule has 0 saturated heterocycles. The zero-order valence-electron chi connectivity index (χ0n) is 13.6. The fourth-order valence-electron chi connectivity index (χ4n) is 2.20. The Hall–Kier alpha value is -2.90. The van der Waals surface area contributed by atoms with Crippen molar-refractivity contribution in [2.75, 3.05) is 10.6 Å². The molecule has 0 fully saturated rings. The summed E-state index contributed by atoms with van der Waals surface area (Å²) in [5.74, 6) is -2.68. The van der Waals surface area contributed by atoms with Crippen molar-refractivity contribution in [3.05, 3.63) is 59.9 Å². The molecule has 26 heavy (non-hydrogen) atoms. The van der Waals surface area contributed by atoms with E-state index in [1.54, 1.807) is 23.5 Å². The highest BCUT2D eigenvalue weighted by Gasteiger charge is 2.38. The first-order valence-electron chi connectivity index (χ1n) is 7.77. The normalized spacial score (nSPS) is 11.1. The molecule has 0 aromatic heterocycles. The quantitative estimate of drug-likeness (QED) is 0.748. The van der Waals surface area contributed by atoms with E-state index in [2.05, 4.69) is 5.32 Å². The Kier molecular flexibility index (Phi) is 6.32. The van der Waals surface area contributed by atoms with Gasteiger partial charge < -0.3 is 10.6 Å². The van der Waals surface area contributed by atoms with E-state index in [1.165, 1.54) is 30.3 Å². The molecule has 0 bridgehead atoms. The first-order valence-corrected chi connectivity index (χ1v) is 7.77. The number of carbonyl (C=O) groups excluding carboxylic acids is 2. The molecule has 0 aliphatic heterocycles. The van der Waals surface area contributed by atoms with Crippen LogP contribution in [0.25, 0.3) is 0 Å². The Labute approximate surface area is 147 Å². The molecular formula is C18H16F4N2O2. The molecule has 0 radical (unpaired) electrons. The van der Waals surface area contributed by atoms with Crippen LogP contribution in [0.4, 0.5) is 28.9 Å². The number of hydrogen-bond donors (Lipinski definition) is 2. The Morgan fingerprint density at radius 3 is 2.04 bits per heavy atom. The zero-order valence-corrected chi connectivity index (χ0v) is 13.6. The molecule has 0 spiro atoms. The lowest BCUT2D eigenvalue weighted by atomic mass is 10.1. The van der Waals surface area contributed by atoms with Crippen LogP contribution in [0.5, 0.6) is 0 Å². The number of benzene rings is 2. The van der Waals surface area contributed by atoms with Gasteiger partial charge >= 0.3 is 12.1 Å². The molecule has 2 aromatic rings. The third-order valence-electron chi connectivity index (χ3n) is 3.49. The second-order valence-electron chi connectivity index (χ2n) is 5.52. The molecule has 0 saturated carbocycles. The third-order valence-corrected chi connectivity index (χ3v) is 3.49. The van der Waals surface area contributed by atoms with Gasteiger partial charge in [0.1, 0.15) is 5.82 Å². The number of amides is 2. The Balaban J connectivity index is 1.80. The summed E-state index contributed by atoms with van der Waals surface area (Å²) in [4.78, 5) is 22.7. The highest BCUT2D eigenvalue weighted by Crippen LogP contribution is 2.20. The topological polar surface area (TPSA) is 58.2 Å². The molecule has 0 aliphatic rings. The van der Waals surface area contributed by atoms with E-state index in [9.17, 15) is 27.2 Å². The van der Waals surface area contributed by atoms with E-state index in [1.807, 2.05) is 0 Å². The van der Waals surface area contributed by atoms with Gasteiger partial charge in [0.2, 0.25) is 5.91 Å². The Morgan fingerprint density at radius 2 is 1.46 bits per heavy atom. The smallest absolute Gasteiger partial charge is 0.326 e. The van der Waals surface area contributed by atoms with Gasteiger partial charge in [-0.15, -0.1) is 0 Å². The van der Waals surface area contributed by atoms with Gasteiger partial charge in [-0.1, -0.05) is 18.2 Å². The van der Waals surface area contributed by atoms with Crippen LogP contribution in [0.3, 0.4) is 0 Å². The summed E-state index contributed by atoms with van der Waals surface area (Å²) >= 11 is 0. The van der Waals surface area contributed by atoms with E-state index in [4.69, 9.17) is 0 Å². The summed E-state index contributed by atoms with van der Waals surface area (Å²) in [5.41, 5.74) is 0.876. The summed E-state index contributed by atoms with van der Waals surface area (Å²) in [6.45, 7) is 0. The predicted octanol–water partition coefficient (Wildman–Crippen LogP) is 4.29. The minimum Gasteiger partial charge on any atom is -0.326 e. The second kappa shape index (κ2) is 8.46. The fourth-order valence-corrected chi connectivity index (χ4v) is 2.20. The van der Waals surface area contributed by atoms with Gasteiger partial charge in [0.15, 0.2) is 0 Å². The number of anilines is 2. The Bertz CT molecular complexity index is 774. The van der Waals surface area contributed by atoms with Crippen molar-refractivity contribution in [1.29, 1.82) is 0 Å². The van der Waals surface area contributed by atoms with E-state index in [-0.39, 0.29) is 23.8 Å². The van der Waals surface area contributed by atoms with Crippen LogP contribution < -0.4 is 10.6 Å². The molecule has 138 valence electrons. The SMILES string of the molecule is O=C(CCCc1ccccc1F)Nc1ccc(NC(=O)C(F)(F)F)cc1. The Morgan fingerprint density at radius 1 is 0.885 bits per heavy atom. The average Bonchev–Trinajstić information content (AvgIpc) is 2.57. The van der Waals surface area contributed by atoms with Crippen LogP contribution in [0, 0.1) is 5.82 Å². The van der Waals surface area contributed by atoms with Crippen LogP contribution in [-0.4, -0.2) is 18.0 Å². The molecule has 0 atom stereocenters. The molecule has 2 rings (SSSR count). The van der Waals surface area contributed by atoms with Gasteiger partial charge in [0, 0.05) is 17.8 Å². The van der Waals surface area contributed by atoms with Gasteiger partial charge in [-0.2, -0.15) is 13.2 Å². The molecule has 4 nitrogen and oxygen atoms in total. The van der Waals surface area contributed by atoms with Crippen LogP contribution in [0.1, 0.15) is 18.4 Å². The maximum atomic E-state index is 13.5. The monoisotopic (exact) mass is 368 g/mol. The van der Waals surface area contributed by atoms with Crippen molar-refractivity contribution in [1.82, 2.24) is 0 Å². The molecular weight excluding hydrogens is 352 g/mol. The van der Waals surface area contributed by atoms with Gasteiger partial charge in [0.05, 0.1) is 0 Å². The van der Waals surface area contributed by atoms with Crippen LogP contribution in [0.15, 0.2) is 48.5 Å². The summed E-state index contributed by atoms with van der Waals surface area (Å²) in [7, 11) is 0. The van der Waals surface area contributed by atoms with Crippen LogP contribution >= 0.6 is 0 Å². The molecule has 2 amide bonds. The summed E-state index contributed by atoms with van der Waals surface area (Å²) in [6.07, 6.45) is -3.93. The van der Waals surface area contributed by atoms with Crippen molar-refractivity contribution in [3.8, 4) is 0 Å². The van der Waals surface area contributed by atoms with Crippen LogP contribution in [0.2, 0.25) is 0 Å². The van der Waals surface area contributed by atoms with Crippen molar-refractivity contribution in [3.63, 3.8) is 0 Å². The summed E-state index contributed by atoms with van der Waals surface area (Å²) in [6, 6.07) is 11.6. The maximum Gasteiger partial charge on any atom is 0.471 e. The lowest BCUT2D eigenvalue weighted by Gasteiger charge is -2.09. The minimum absolute atomic E-state index is 0.0372. The van der Waals surface area contributed by atoms with E-state index < -0.39 is 12.1 Å². The zero-order chi connectivity index (χ0) is 19.2. The molecule has 2 N–H and O–H groups in total.